The first-order valence-electron chi connectivity index (χ1n) is 8.91. The van der Waals surface area contributed by atoms with E-state index in [1.165, 1.54) is 0 Å². The summed E-state index contributed by atoms with van der Waals surface area (Å²) < 4.78 is 27.5. The lowest BCUT2D eigenvalue weighted by Gasteiger charge is -2.26. The van der Waals surface area contributed by atoms with Gasteiger partial charge in [0.2, 0.25) is 0 Å². The Kier molecular flexibility index (Phi) is 4.89. The lowest BCUT2D eigenvalue weighted by Crippen LogP contribution is -2.33. The molecule has 0 amide bonds. The van der Waals surface area contributed by atoms with Crippen molar-refractivity contribution in [3.05, 3.63) is 64.5 Å². The Morgan fingerprint density at radius 3 is 2.81 bits per heavy atom. The number of para-hydroxylation sites is 1. The maximum Gasteiger partial charge on any atom is 0.261 e. The molecule has 1 fully saturated rings. The van der Waals surface area contributed by atoms with Crippen molar-refractivity contribution in [2.75, 3.05) is 6.54 Å². The van der Waals surface area contributed by atoms with Crippen LogP contribution in [0, 0.1) is 0 Å². The van der Waals surface area contributed by atoms with Crippen LogP contribution >= 0.6 is 0 Å². The molecule has 6 nitrogen and oxygen atoms in total. The van der Waals surface area contributed by atoms with Gasteiger partial charge in [0.1, 0.15) is 5.82 Å². The topological polar surface area (TPSA) is 63.9 Å². The molecular weight excluding hydrogens is 352 g/mol. The van der Waals surface area contributed by atoms with E-state index in [1.54, 1.807) is 36.7 Å². The second-order valence-electron chi connectivity index (χ2n) is 6.67. The van der Waals surface area contributed by atoms with Crippen molar-refractivity contribution in [2.45, 2.75) is 38.4 Å². The molecule has 0 spiro atoms. The summed E-state index contributed by atoms with van der Waals surface area (Å²) in [5.41, 5.74) is 1.12. The maximum atomic E-state index is 13.2. The Morgan fingerprint density at radius 1 is 1.19 bits per heavy atom. The number of likely N-dealkylation sites (tertiary alicyclic amines) is 1. The zero-order chi connectivity index (χ0) is 18.8. The third-order valence-corrected chi connectivity index (χ3v) is 4.90. The third-order valence-electron chi connectivity index (χ3n) is 4.90. The lowest BCUT2D eigenvalue weighted by molar-refractivity contribution is 0.120. The van der Waals surface area contributed by atoms with E-state index in [0.717, 1.165) is 29.5 Å². The first-order chi connectivity index (χ1) is 13.1. The Hall–Kier alpha value is -2.74. The molecule has 0 N–H and O–H groups in total. The number of alkyl halides is 2. The minimum absolute atomic E-state index is 0.186. The predicted molar refractivity (Wildman–Crippen MR) is 96.4 cm³/mol. The third kappa shape index (κ3) is 3.57. The van der Waals surface area contributed by atoms with E-state index in [2.05, 4.69) is 20.1 Å². The molecule has 0 radical (unpaired) electrons. The zero-order valence-electron chi connectivity index (χ0n) is 14.6. The highest BCUT2D eigenvalue weighted by Gasteiger charge is 2.31. The second-order valence-corrected chi connectivity index (χ2v) is 6.67. The van der Waals surface area contributed by atoms with Crippen LogP contribution < -0.4 is 5.56 Å². The first kappa shape index (κ1) is 17.7. The summed E-state index contributed by atoms with van der Waals surface area (Å²) in [6, 6.07) is 8.59. The SMILES string of the molecule is O=c1c2ccccc2nc(C2CCCN2Cc2ccnnc2)n1CC(F)F. The fourth-order valence-corrected chi connectivity index (χ4v) is 3.71. The van der Waals surface area contributed by atoms with E-state index >= 15 is 0 Å². The first-order valence-corrected chi connectivity index (χ1v) is 8.91. The molecule has 3 heterocycles. The largest absolute Gasteiger partial charge is 0.289 e. The van der Waals surface area contributed by atoms with Gasteiger partial charge in [0.05, 0.1) is 29.7 Å². The summed E-state index contributed by atoms with van der Waals surface area (Å²) in [6.07, 6.45) is 2.38. The Balaban J connectivity index is 1.77. The molecule has 27 heavy (non-hydrogen) atoms. The van der Waals surface area contributed by atoms with Gasteiger partial charge in [0, 0.05) is 12.7 Å². The standard InChI is InChI=1S/C19H19F2N5O/c20-17(21)12-26-18(24-15-5-2-1-4-14(15)19(26)27)16-6-3-9-25(16)11-13-7-8-22-23-10-13/h1-2,4-5,7-8,10,16-17H,3,6,9,11-12H2. The molecule has 2 aromatic heterocycles. The summed E-state index contributed by atoms with van der Waals surface area (Å²) in [5, 5.41) is 8.04. The van der Waals surface area contributed by atoms with Crippen molar-refractivity contribution < 1.29 is 8.78 Å². The molecule has 0 bridgehead atoms. The summed E-state index contributed by atoms with van der Waals surface area (Å²) in [5.74, 6) is 0.415. The molecule has 140 valence electrons. The van der Waals surface area contributed by atoms with Crippen molar-refractivity contribution in [1.82, 2.24) is 24.6 Å². The van der Waals surface area contributed by atoms with Gasteiger partial charge in [-0.1, -0.05) is 12.1 Å². The number of rotatable bonds is 5. The van der Waals surface area contributed by atoms with Crippen LogP contribution in [0.15, 0.2) is 47.5 Å². The normalized spacial score (nSPS) is 17.8. The van der Waals surface area contributed by atoms with E-state index in [0.29, 0.717) is 23.3 Å². The Bertz CT molecular complexity index is 992. The highest BCUT2D eigenvalue weighted by molar-refractivity contribution is 5.77. The number of hydrogen-bond donors (Lipinski definition) is 0. The smallest absolute Gasteiger partial charge is 0.261 e. The van der Waals surface area contributed by atoms with Gasteiger partial charge in [-0.25, -0.2) is 13.8 Å². The van der Waals surface area contributed by atoms with Crippen molar-refractivity contribution in [2.24, 2.45) is 0 Å². The molecular formula is C19H19F2N5O. The summed E-state index contributed by atoms with van der Waals surface area (Å²) in [6.45, 7) is 0.773. The van der Waals surface area contributed by atoms with Crippen molar-refractivity contribution >= 4 is 10.9 Å². The molecule has 1 aliphatic rings. The fourth-order valence-electron chi connectivity index (χ4n) is 3.71. The van der Waals surface area contributed by atoms with Gasteiger partial charge >= 0.3 is 0 Å². The summed E-state index contributed by atoms with van der Waals surface area (Å²) in [4.78, 5) is 19.6. The fraction of sp³-hybridized carbons (Fsp3) is 0.368. The molecule has 0 aliphatic carbocycles. The van der Waals surface area contributed by atoms with Crippen LogP contribution in [-0.4, -0.2) is 37.6 Å². The zero-order valence-corrected chi connectivity index (χ0v) is 14.6. The van der Waals surface area contributed by atoms with Crippen LogP contribution in [0.2, 0.25) is 0 Å². The molecule has 1 atom stereocenters. The number of aromatic nitrogens is 4. The van der Waals surface area contributed by atoms with Crippen molar-refractivity contribution in [3.63, 3.8) is 0 Å². The monoisotopic (exact) mass is 371 g/mol. The molecule has 1 unspecified atom stereocenters. The minimum atomic E-state index is -2.62. The van der Waals surface area contributed by atoms with Crippen LogP contribution in [0.25, 0.3) is 10.9 Å². The average Bonchev–Trinajstić information content (AvgIpc) is 3.12. The minimum Gasteiger partial charge on any atom is -0.289 e. The quantitative estimate of drug-likeness (QED) is 0.690. The van der Waals surface area contributed by atoms with E-state index in [4.69, 9.17) is 0 Å². The lowest BCUT2D eigenvalue weighted by atomic mass is 10.1. The van der Waals surface area contributed by atoms with E-state index in [9.17, 15) is 13.6 Å². The Labute approximate surface area is 154 Å². The van der Waals surface area contributed by atoms with Crippen LogP contribution in [0.1, 0.15) is 30.3 Å². The van der Waals surface area contributed by atoms with Gasteiger partial charge in [-0.2, -0.15) is 10.2 Å². The number of fused-ring (bicyclic) bond motifs is 1. The number of hydrogen-bond acceptors (Lipinski definition) is 5. The van der Waals surface area contributed by atoms with E-state index < -0.39 is 18.5 Å². The van der Waals surface area contributed by atoms with Crippen molar-refractivity contribution in [3.8, 4) is 0 Å². The highest BCUT2D eigenvalue weighted by Crippen LogP contribution is 2.32. The van der Waals surface area contributed by atoms with Gasteiger partial charge in [-0.05, 0) is 43.1 Å². The van der Waals surface area contributed by atoms with Crippen LogP contribution in [0.5, 0.6) is 0 Å². The van der Waals surface area contributed by atoms with Gasteiger partial charge in [0.15, 0.2) is 0 Å². The molecule has 8 heteroatoms. The molecule has 1 aliphatic heterocycles. The predicted octanol–water partition coefficient (Wildman–Crippen LogP) is 2.79. The van der Waals surface area contributed by atoms with Crippen LogP contribution in [-0.2, 0) is 13.1 Å². The number of benzene rings is 1. The Morgan fingerprint density at radius 2 is 2.04 bits per heavy atom. The molecule has 1 aromatic carbocycles. The number of nitrogens with zero attached hydrogens (tertiary/aromatic N) is 5. The van der Waals surface area contributed by atoms with Crippen LogP contribution in [0.3, 0.4) is 0 Å². The van der Waals surface area contributed by atoms with Gasteiger partial charge in [-0.3, -0.25) is 14.3 Å². The van der Waals surface area contributed by atoms with E-state index in [-0.39, 0.29) is 6.04 Å². The highest BCUT2D eigenvalue weighted by atomic mass is 19.3. The molecule has 0 saturated carbocycles. The van der Waals surface area contributed by atoms with E-state index in [1.807, 2.05) is 6.07 Å². The molecule has 4 rings (SSSR count). The molecule has 3 aromatic rings. The van der Waals surface area contributed by atoms with Crippen molar-refractivity contribution in [1.29, 1.82) is 0 Å². The van der Waals surface area contributed by atoms with Gasteiger partial charge < -0.3 is 0 Å². The molecule has 1 saturated heterocycles. The van der Waals surface area contributed by atoms with Crippen LogP contribution in [0.4, 0.5) is 8.78 Å². The average molecular weight is 371 g/mol. The van der Waals surface area contributed by atoms with Gasteiger partial charge in [0.25, 0.3) is 12.0 Å². The second kappa shape index (κ2) is 7.48. The summed E-state index contributed by atoms with van der Waals surface area (Å²) in [7, 11) is 0. The summed E-state index contributed by atoms with van der Waals surface area (Å²) >= 11 is 0. The number of halogens is 2. The maximum absolute atomic E-state index is 13.2. The van der Waals surface area contributed by atoms with Gasteiger partial charge in [-0.15, -0.1) is 0 Å².